The van der Waals surface area contributed by atoms with Crippen molar-refractivity contribution >= 4 is 40.1 Å². The number of alkyl halides is 3. The molecule has 3 N–H and O–H groups in total. The van der Waals surface area contributed by atoms with Gasteiger partial charge in [0.1, 0.15) is 17.5 Å². The third kappa shape index (κ3) is 4.68. The number of nitrogens with zero attached hydrogens (tertiary/aromatic N) is 2. The Morgan fingerprint density at radius 3 is 2.48 bits per heavy atom. The molecule has 1 unspecified atom stereocenters. The molecule has 1 atom stereocenters. The molecule has 0 saturated carbocycles. The molecule has 3 aromatic rings. The van der Waals surface area contributed by atoms with Crippen LogP contribution >= 0.6 is 11.6 Å². The van der Waals surface area contributed by atoms with Crippen molar-refractivity contribution in [1.82, 2.24) is 10.6 Å². The lowest BCUT2D eigenvalue weighted by molar-refractivity contribution is -0.137. The summed E-state index contributed by atoms with van der Waals surface area (Å²) in [5, 5.41) is 10.1. The van der Waals surface area contributed by atoms with Gasteiger partial charge in [-0.1, -0.05) is 31.3 Å². The van der Waals surface area contributed by atoms with Crippen LogP contribution in [0.2, 0.25) is 5.02 Å². The smallest absolute Gasteiger partial charge is 0.374 e. The minimum atomic E-state index is -4.74. The van der Waals surface area contributed by atoms with Gasteiger partial charge in [0.05, 0.1) is 23.0 Å². The van der Waals surface area contributed by atoms with Crippen molar-refractivity contribution in [2.45, 2.75) is 12.2 Å². The number of benzene rings is 3. The van der Waals surface area contributed by atoms with Crippen molar-refractivity contribution in [1.29, 1.82) is 0 Å². The lowest BCUT2D eigenvalue weighted by atomic mass is 9.93. The molecule has 6 rings (SSSR count). The number of rotatable bonds is 6. The quantitative estimate of drug-likeness (QED) is 0.259. The molecule has 0 amide bonds. The van der Waals surface area contributed by atoms with Gasteiger partial charge in [-0.3, -0.25) is 0 Å². The maximum atomic E-state index is 14.4. The van der Waals surface area contributed by atoms with Crippen LogP contribution in [0, 0.1) is 17.6 Å². The van der Waals surface area contributed by atoms with Gasteiger partial charge in [-0.2, -0.15) is 13.2 Å². The number of halogens is 6. The van der Waals surface area contributed by atoms with Crippen LogP contribution in [0.3, 0.4) is 0 Å². The number of nitrogens with one attached hydrogen (secondary N) is 3. The van der Waals surface area contributed by atoms with E-state index in [0.29, 0.717) is 46.1 Å². The summed E-state index contributed by atoms with van der Waals surface area (Å²) in [5.41, 5.74) is 3.34. The highest BCUT2D eigenvalue weighted by atomic mass is 35.5. The van der Waals surface area contributed by atoms with E-state index in [-0.39, 0.29) is 11.3 Å². The average molecular weight is 600 g/mol. The van der Waals surface area contributed by atoms with Crippen LogP contribution in [0.15, 0.2) is 68.0 Å². The van der Waals surface area contributed by atoms with Gasteiger partial charge in [-0.15, -0.1) is 0 Å². The topological polar surface area (TPSA) is 42.6 Å². The summed E-state index contributed by atoms with van der Waals surface area (Å²) >= 11 is 6.53. The Labute approximate surface area is 245 Å². The zero-order chi connectivity index (χ0) is 30.1. The molecule has 3 aromatic carbocycles. The zero-order valence-corrected chi connectivity index (χ0v) is 23.4. The van der Waals surface area contributed by atoms with Gasteiger partial charge in [-0.25, -0.2) is 8.78 Å². The van der Waals surface area contributed by atoms with Crippen molar-refractivity contribution in [2.75, 3.05) is 41.8 Å². The molecule has 3 heterocycles. The fourth-order valence-corrected chi connectivity index (χ4v) is 5.99. The maximum Gasteiger partial charge on any atom is 0.416 e. The summed E-state index contributed by atoms with van der Waals surface area (Å²) in [4.78, 5) is 4.05. The number of anilines is 3. The van der Waals surface area contributed by atoms with Crippen molar-refractivity contribution in [3.05, 3.63) is 112 Å². The zero-order valence-electron chi connectivity index (χ0n) is 22.6. The van der Waals surface area contributed by atoms with E-state index in [4.69, 9.17) is 11.6 Å². The van der Waals surface area contributed by atoms with E-state index >= 15 is 0 Å². The van der Waals surface area contributed by atoms with Crippen LogP contribution < -0.4 is 25.8 Å². The van der Waals surface area contributed by atoms with Crippen LogP contribution in [-0.4, -0.2) is 26.7 Å². The Kier molecular flexibility index (Phi) is 6.74. The Balaban J connectivity index is 1.52. The molecule has 1 saturated heterocycles. The maximum absolute atomic E-state index is 14.4. The lowest BCUT2D eigenvalue weighted by Gasteiger charge is -2.33. The summed E-state index contributed by atoms with van der Waals surface area (Å²) in [5.74, 6) is -0.385. The number of fused-ring (bicyclic) bond motifs is 3. The van der Waals surface area contributed by atoms with Gasteiger partial charge >= 0.3 is 6.18 Å². The third-order valence-corrected chi connectivity index (χ3v) is 8.33. The largest absolute Gasteiger partial charge is 0.416 e. The highest BCUT2D eigenvalue weighted by Crippen LogP contribution is 2.54. The van der Waals surface area contributed by atoms with Gasteiger partial charge in [0.15, 0.2) is 0 Å². The molecule has 0 aliphatic carbocycles. The van der Waals surface area contributed by atoms with Crippen LogP contribution in [-0.2, 0) is 6.18 Å². The summed E-state index contributed by atoms with van der Waals surface area (Å²) < 4.78 is 69.2. The van der Waals surface area contributed by atoms with Gasteiger partial charge in [0.2, 0.25) is 0 Å². The Hall–Kier alpha value is -4.02. The van der Waals surface area contributed by atoms with E-state index in [2.05, 4.69) is 40.6 Å². The molecule has 5 nitrogen and oxygen atoms in total. The fourth-order valence-electron chi connectivity index (χ4n) is 5.77. The molecule has 3 aliphatic rings. The third-order valence-electron chi connectivity index (χ3n) is 7.99. The monoisotopic (exact) mass is 599 g/mol. The lowest BCUT2D eigenvalue weighted by Crippen LogP contribution is -2.48. The van der Waals surface area contributed by atoms with E-state index < -0.39 is 29.4 Å². The predicted molar refractivity (Wildman–Crippen MR) is 157 cm³/mol. The normalized spacial score (nSPS) is 18.1. The van der Waals surface area contributed by atoms with Crippen molar-refractivity contribution in [3.8, 4) is 0 Å². The van der Waals surface area contributed by atoms with Gasteiger partial charge < -0.3 is 25.8 Å². The van der Waals surface area contributed by atoms with Crippen LogP contribution in [0.25, 0.3) is 11.4 Å². The fraction of sp³-hybridized carbons (Fsp3) is 0.226. The molecular weight excluding hydrogens is 573 g/mol. The van der Waals surface area contributed by atoms with E-state index in [1.807, 2.05) is 18.0 Å². The Morgan fingerprint density at radius 2 is 1.81 bits per heavy atom. The van der Waals surface area contributed by atoms with Gasteiger partial charge in [0.25, 0.3) is 0 Å². The molecule has 3 aliphatic heterocycles. The SMILES string of the molecule is C=C(Nc1cc2c(c3c1C(c1cc(F)ccc1Cl)NC3=C)N(C)C(=C)N2CC1CNC1)c1cc(F)cc(C(F)(F)F)c1. The second-order valence-corrected chi connectivity index (χ2v) is 11.1. The Bertz CT molecular complexity index is 1660. The molecule has 0 aromatic heterocycles. The van der Waals surface area contributed by atoms with E-state index in [1.165, 1.54) is 18.2 Å². The highest BCUT2D eigenvalue weighted by molar-refractivity contribution is 6.31. The summed E-state index contributed by atoms with van der Waals surface area (Å²) in [7, 11) is 1.90. The minimum Gasteiger partial charge on any atom is -0.374 e. The van der Waals surface area contributed by atoms with Crippen molar-refractivity contribution in [2.24, 2.45) is 5.92 Å². The van der Waals surface area contributed by atoms with Crippen LogP contribution in [0.4, 0.5) is 39.0 Å². The molecule has 0 radical (unpaired) electrons. The van der Waals surface area contributed by atoms with Crippen molar-refractivity contribution < 1.29 is 22.0 Å². The van der Waals surface area contributed by atoms with Gasteiger partial charge in [-0.05, 0) is 42.5 Å². The highest BCUT2D eigenvalue weighted by Gasteiger charge is 2.41. The van der Waals surface area contributed by atoms with Crippen LogP contribution in [0.1, 0.15) is 33.9 Å². The first-order chi connectivity index (χ1) is 19.8. The molecule has 218 valence electrons. The van der Waals surface area contributed by atoms with Crippen LogP contribution in [0.5, 0.6) is 0 Å². The minimum absolute atomic E-state index is 0.0451. The second-order valence-electron chi connectivity index (χ2n) is 10.7. The first-order valence-corrected chi connectivity index (χ1v) is 13.6. The molecular formula is C31H27ClF5N5. The molecule has 0 bridgehead atoms. The number of hydrogen-bond acceptors (Lipinski definition) is 5. The summed E-state index contributed by atoms with van der Waals surface area (Å²) in [6, 6.07) is 7.53. The number of hydrogen-bond donors (Lipinski definition) is 3. The van der Waals surface area contributed by atoms with Gasteiger partial charge in [0, 0.05) is 77.0 Å². The second kappa shape index (κ2) is 10.1. The summed E-state index contributed by atoms with van der Waals surface area (Å²) in [6.45, 7) is 14.9. The summed E-state index contributed by atoms with van der Waals surface area (Å²) in [6.07, 6.45) is -4.74. The molecule has 1 fully saturated rings. The average Bonchev–Trinajstić information content (AvgIpc) is 3.35. The first-order valence-electron chi connectivity index (χ1n) is 13.2. The predicted octanol–water partition coefficient (Wildman–Crippen LogP) is 7.33. The van der Waals surface area contributed by atoms with E-state index in [9.17, 15) is 22.0 Å². The Morgan fingerprint density at radius 1 is 1.07 bits per heavy atom. The molecule has 11 heteroatoms. The molecule has 0 spiro atoms. The van der Waals surface area contributed by atoms with E-state index in [1.54, 1.807) is 0 Å². The van der Waals surface area contributed by atoms with E-state index in [0.717, 1.165) is 48.0 Å². The molecule has 42 heavy (non-hydrogen) atoms. The van der Waals surface area contributed by atoms with Crippen molar-refractivity contribution in [3.63, 3.8) is 0 Å². The standard InChI is InChI=1S/C31H27ClF5N5/c1-15(19-7-20(31(35,36)37)9-22(34)8-19)39-25-11-26-30(41(4)17(3)42(26)14-18-12-38-13-18)27-16(2)40-29(28(25)27)23-10-21(33)5-6-24(23)32/h5-11,18,29,38-40H,1-3,12-14H2,4H3. The first kappa shape index (κ1) is 28.1.